The highest BCUT2D eigenvalue weighted by molar-refractivity contribution is 14.0. The average Bonchev–Trinajstić information content (AvgIpc) is 2.44. The zero-order valence-corrected chi connectivity index (χ0v) is 15.0. The van der Waals surface area contributed by atoms with E-state index in [9.17, 15) is 9.59 Å². The molecule has 1 heterocycles. The van der Waals surface area contributed by atoms with Gasteiger partial charge in [-0.2, -0.15) is 0 Å². The van der Waals surface area contributed by atoms with Crippen molar-refractivity contribution in [2.45, 2.75) is 25.7 Å². The molecule has 0 aromatic carbocycles. The Labute approximate surface area is 142 Å². The summed E-state index contributed by atoms with van der Waals surface area (Å²) in [5.41, 5.74) is 0. The van der Waals surface area contributed by atoms with Gasteiger partial charge in [-0.1, -0.05) is 0 Å². The van der Waals surface area contributed by atoms with E-state index >= 15 is 0 Å². The maximum absolute atomic E-state index is 11.6. The number of methoxy groups -OCH3 is 1. The van der Waals surface area contributed by atoms with Crippen LogP contribution in [-0.2, 0) is 14.3 Å². The highest BCUT2D eigenvalue weighted by Crippen LogP contribution is 2.11. The van der Waals surface area contributed by atoms with E-state index in [-0.39, 0.29) is 35.8 Å². The lowest BCUT2D eigenvalue weighted by atomic mass is 10.1. The van der Waals surface area contributed by atoms with E-state index in [4.69, 9.17) is 4.74 Å². The molecular formula is C13H25IN4O3. The molecule has 0 saturated carbocycles. The number of amides is 2. The molecule has 0 atom stereocenters. The first-order chi connectivity index (χ1) is 9.69. The number of aliphatic imine (C=N–C) groups is 1. The van der Waals surface area contributed by atoms with Crippen LogP contribution in [0, 0.1) is 0 Å². The van der Waals surface area contributed by atoms with Crippen molar-refractivity contribution in [2.24, 2.45) is 4.99 Å². The zero-order valence-electron chi connectivity index (χ0n) is 12.7. The van der Waals surface area contributed by atoms with Crippen LogP contribution in [0.25, 0.3) is 0 Å². The number of piperidine rings is 1. The Kier molecular flexibility index (Phi) is 11.2. The third-order valence-corrected chi connectivity index (χ3v) is 3.05. The molecule has 2 amide bonds. The monoisotopic (exact) mass is 412 g/mol. The molecule has 0 unspecified atom stereocenters. The minimum absolute atomic E-state index is 0. The smallest absolute Gasteiger partial charge is 0.229 e. The molecule has 8 heteroatoms. The van der Waals surface area contributed by atoms with E-state index in [1.165, 1.54) is 4.90 Å². The molecule has 0 spiro atoms. The van der Waals surface area contributed by atoms with Gasteiger partial charge < -0.3 is 15.4 Å². The Bertz CT molecular complexity index is 347. The lowest BCUT2D eigenvalue weighted by Crippen LogP contribution is -2.46. The summed E-state index contributed by atoms with van der Waals surface area (Å²) in [4.78, 5) is 28.6. The number of rotatable bonds is 7. The average molecular weight is 412 g/mol. The number of carbonyl (C=O) groups excluding carboxylic acids is 2. The summed E-state index contributed by atoms with van der Waals surface area (Å²) in [6.45, 7) is 2.34. The van der Waals surface area contributed by atoms with Crippen LogP contribution in [0.2, 0.25) is 0 Å². The Morgan fingerprint density at radius 3 is 2.43 bits per heavy atom. The third kappa shape index (κ3) is 7.60. The van der Waals surface area contributed by atoms with Gasteiger partial charge in [0.1, 0.15) is 0 Å². The molecule has 1 rings (SSSR count). The molecule has 1 fully saturated rings. The first-order valence-electron chi connectivity index (χ1n) is 6.95. The molecule has 2 N–H and O–H groups in total. The quantitative estimate of drug-likeness (QED) is 0.207. The SMILES string of the molecule is CN=C(NCCCOC)NCCN1C(=O)CCCC1=O.I. The number of imide groups is 1. The van der Waals surface area contributed by atoms with Gasteiger partial charge in [0.15, 0.2) is 5.96 Å². The fourth-order valence-corrected chi connectivity index (χ4v) is 1.98. The Balaban J connectivity index is 0.00000400. The van der Waals surface area contributed by atoms with Gasteiger partial charge in [-0.25, -0.2) is 0 Å². The molecule has 1 aliphatic heterocycles. The maximum Gasteiger partial charge on any atom is 0.229 e. The minimum atomic E-state index is -0.0777. The van der Waals surface area contributed by atoms with E-state index in [0.717, 1.165) is 13.0 Å². The first-order valence-corrected chi connectivity index (χ1v) is 6.95. The van der Waals surface area contributed by atoms with Crippen molar-refractivity contribution in [2.75, 3.05) is 40.4 Å². The summed E-state index contributed by atoms with van der Waals surface area (Å²) in [5.74, 6) is 0.509. The van der Waals surface area contributed by atoms with Crippen molar-refractivity contribution in [1.82, 2.24) is 15.5 Å². The van der Waals surface area contributed by atoms with Crippen molar-refractivity contribution >= 4 is 41.8 Å². The molecule has 21 heavy (non-hydrogen) atoms. The maximum atomic E-state index is 11.6. The molecule has 0 radical (unpaired) electrons. The van der Waals surface area contributed by atoms with Crippen molar-refractivity contribution < 1.29 is 14.3 Å². The Hall–Kier alpha value is -0.900. The van der Waals surface area contributed by atoms with Gasteiger partial charge in [0, 0.05) is 53.2 Å². The second kappa shape index (κ2) is 11.7. The fourth-order valence-electron chi connectivity index (χ4n) is 1.98. The van der Waals surface area contributed by atoms with Crippen molar-refractivity contribution in [3.8, 4) is 0 Å². The predicted molar refractivity (Wildman–Crippen MR) is 91.8 cm³/mol. The first kappa shape index (κ1) is 20.1. The lowest BCUT2D eigenvalue weighted by Gasteiger charge is -2.25. The largest absolute Gasteiger partial charge is 0.385 e. The number of likely N-dealkylation sites (tertiary alicyclic amines) is 1. The molecule has 0 bridgehead atoms. The highest BCUT2D eigenvalue weighted by Gasteiger charge is 2.25. The summed E-state index contributed by atoms with van der Waals surface area (Å²) in [7, 11) is 3.35. The number of hydrogen-bond acceptors (Lipinski definition) is 4. The van der Waals surface area contributed by atoms with Gasteiger partial charge in [0.05, 0.1) is 0 Å². The molecule has 1 saturated heterocycles. The van der Waals surface area contributed by atoms with Gasteiger partial charge in [-0.05, 0) is 12.8 Å². The third-order valence-electron chi connectivity index (χ3n) is 3.05. The molecule has 7 nitrogen and oxygen atoms in total. The van der Waals surface area contributed by atoms with Crippen LogP contribution in [-0.4, -0.2) is 63.1 Å². The number of guanidine groups is 1. The molecule has 122 valence electrons. The van der Waals surface area contributed by atoms with E-state index in [2.05, 4.69) is 15.6 Å². The van der Waals surface area contributed by atoms with Crippen LogP contribution < -0.4 is 10.6 Å². The summed E-state index contributed by atoms with van der Waals surface area (Å²) in [6.07, 6.45) is 2.50. The topological polar surface area (TPSA) is 83.0 Å². The van der Waals surface area contributed by atoms with Crippen molar-refractivity contribution in [3.63, 3.8) is 0 Å². The molecule has 0 aromatic heterocycles. The van der Waals surface area contributed by atoms with E-state index < -0.39 is 0 Å². The van der Waals surface area contributed by atoms with Gasteiger partial charge in [-0.15, -0.1) is 24.0 Å². The van der Waals surface area contributed by atoms with E-state index in [0.29, 0.717) is 44.9 Å². The number of hydrogen-bond donors (Lipinski definition) is 2. The van der Waals surface area contributed by atoms with Crippen LogP contribution in [0.1, 0.15) is 25.7 Å². The molecular weight excluding hydrogens is 387 g/mol. The lowest BCUT2D eigenvalue weighted by molar-refractivity contribution is -0.147. The van der Waals surface area contributed by atoms with Crippen LogP contribution in [0.15, 0.2) is 4.99 Å². The molecule has 0 aliphatic carbocycles. The summed E-state index contributed by atoms with van der Waals surface area (Å²) >= 11 is 0. The summed E-state index contributed by atoms with van der Waals surface area (Å²) in [6, 6.07) is 0. The number of ether oxygens (including phenoxy) is 1. The van der Waals surface area contributed by atoms with E-state index in [1.54, 1.807) is 14.2 Å². The van der Waals surface area contributed by atoms with Crippen molar-refractivity contribution in [3.05, 3.63) is 0 Å². The highest BCUT2D eigenvalue weighted by atomic mass is 127. The second-order valence-corrected chi connectivity index (χ2v) is 4.56. The van der Waals surface area contributed by atoms with Crippen LogP contribution in [0.4, 0.5) is 0 Å². The Morgan fingerprint density at radius 1 is 1.24 bits per heavy atom. The van der Waals surface area contributed by atoms with Gasteiger partial charge in [0.2, 0.25) is 11.8 Å². The second-order valence-electron chi connectivity index (χ2n) is 4.56. The van der Waals surface area contributed by atoms with Gasteiger partial charge in [-0.3, -0.25) is 19.5 Å². The summed E-state index contributed by atoms with van der Waals surface area (Å²) < 4.78 is 4.96. The van der Waals surface area contributed by atoms with Crippen LogP contribution in [0.3, 0.4) is 0 Å². The zero-order chi connectivity index (χ0) is 14.8. The normalized spacial score (nSPS) is 15.7. The van der Waals surface area contributed by atoms with Gasteiger partial charge >= 0.3 is 0 Å². The number of nitrogens with one attached hydrogen (secondary N) is 2. The van der Waals surface area contributed by atoms with Crippen LogP contribution in [0.5, 0.6) is 0 Å². The number of halogens is 1. The van der Waals surface area contributed by atoms with Crippen LogP contribution >= 0.6 is 24.0 Å². The van der Waals surface area contributed by atoms with Gasteiger partial charge in [0.25, 0.3) is 0 Å². The summed E-state index contributed by atoms with van der Waals surface area (Å²) in [5, 5.41) is 6.22. The molecule has 1 aliphatic rings. The number of carbonyl (C=O) groups is 2. The fraction of sp³-hybridized carbons (Fsp3) is 0.769. The Morgan fingerprint density at radius 2 is 1.86 bits per heavy atom. The molecule has 0 aromatic rings. The van der Waals surface area contributed by atoms with E-state index in [1.807, 2.05) is 0 Å². The standard InChI is InChI=1S/C13H24N4O3.HI/c1-14-13(15-7-4-10-20-2)16-8-9-17-11(18)5-3-6-12(17)19;/h3-10H2,1-2H3,(H2,14,15,16);1H. The minimum Gasteiger partial charge on any atom is -0.385 e. The van der Waals surface area contributed by atoms with Crippen molar-refractivity contribution in [1.29, 1.82) is 0 Å². The predicted octanol–water partition coefficient (Wildman–Crippen LogP) is 0.345. The number of nitrogens with zero attached hydrogens (tertiary/aromatic N) is 2.